The average molecular weight is 113 g/mol. The lowest BCUT2D eigenvalue weighted by molar-refractivity contribution is -0.678. The van der Waals surface area contributed by atoms with Crippen molar-refractivity contribution in [2.75, 3.05) is 0 Å². The molecule has 0 radical (unpaired) electrons. The molecule has 0 spiro atoms. The summed E-state index contributed by atoms with van der Waals surface area (Å²) in [5, 5.41) is 8.84. The highest BCUT2D eigenvalue weighted by atomic mass is 16.5. The summed E-state index contributed by atoms with van der Waals surface area (Å²) >= 11 is 0. The van der Waals surface area contributed by atoms with Crippen molar-refractivity contribution >= 4 is 0 Å². The van der Waals surface area contributed by atoms with Crippen LogP contribution < -0.4 is 4.57 Å². The molecule has 0 aliphatic heterocycles. The minimum atomic E-state index is 0.824. The van der Waals surface area contributed by atoms with Gasteiger partial charge in [-0.2, -0.15) is 0 Å². The predicted molar refractivity (Wildman–Crippen MR) is 27.5 cm³/mol. The van der Waals surface area contributed by atoms with Crippen molar-refractivity contribution in [3.8, 4) is 0 Å². The molecule has 0 aromatic carbocycles. The van der Waals surface area contributed by atoms with Crippen LogP contribution in [0, 0.1) is 6.92 Å². The molecule has 0 fully saturated rings. The molecule has 8 heavy (non-hydrogen) atoms. The zero-order valence-corrected chi connectivity index (χ0v) is 5.00. The first-order chi connectivity index (χ1) is 3.72. The Labute approximate surface area is 47.8 Å². The van der Waals surface area contributed by atoms with Crippen LogP contribution in [0.25, 0.3) is 0 Å². The molecule has 0 saturated heterocycles. The molecule has 0 unspecified atom stereocenters. The van der Waals surface area contributed by atoms with Gasteiger partial charge in [-0.3, -0.25) is 0 Å². The molecule has 0 amide bonds. The maximum Gasteiger partial charge on any atom is 0.292 e. The summed E-state index contributed by atoms with van der Waals surface area (Å²) in [5.74, 6) is 0.824. The lowest BCUT2D eigenvalue weighted by atomic mass is 10.7. The molecule has 3 nitrogen and oxygen atoms in total. The normalized spacial score (nSPS) is 9.75. The van der Waals surface area contributed by atoms with Gasteiger partial charge < -0.3 is 5.21 Å². The highest BCUT2D eigenvalue weighted by molar-refractivity contribution is 4.73. The maximum absolute atomic E-state index is 8.84. The van der Waals surface area contributed by atoms with E-state index in [-0.39, 0.29) is 0 Å². The standard InChI is InChI=1S/C5H9N2O/c1-5-6(2)3-4-7(5)8/h3-4,8H,1-2H3/q+1. The smallest absolute Gasteiger partial charge is 0.292 e. The third-order valence-electron chi connectivity index (χ3n) is 1.27. The van der Waals surface area contributed by atoms with Crippen molar-refractivity contribution in [3.63, 3.8) is 0 Å². The molecule has 0 aliphatic rings. The molecule has 0 saturated carbocycles. The van der Waals surface area contributed by atoms with Gasteiger partial charge >= 0.3 is 0 Å². The van der Waals surface area contributed by atoms with Crippen molar-refractivity contribution < 1.29 is 9.77 Å². The fourth-order valence-electron chi connectivity index (χ4n) is 0.540. The summed E-state index contributed by atoms with van der Waals surface area (Å²) < 4.78 is 2.92. The van der Waals surface area contributed by atoms with Crippen molar-refractivity contribution in [1.29, 1.82) is 0 Å². The summed E-state index contributed by atoms with van der Waals surface area (Å²) in [5.41, 5.74) is 0. The van der Waals surface area contributed by atoms with E-state index < -0.39 is 0 Å². The first kappa shape index (κ1) is 5.15. The molecule has 0 aliphatic carbocycles. The number of imidazole rings is 1. The van der Waals surface area contributed by atoms with Crippen molar-refractivity contribution in [2.45, 2.75) is 6.92 Å². The van der Waals surface area contributed by atoms with Gasteiger partial charge in [0.1, 0.15) is 6.20 Å². The van der Waals surface area contributed by atoms with Crippen LogP contribution in [0.3, 0.4) is 0 Å². The number of hydrogen-bond acceptors (Lipinski definition) is 1. The van der Waals surface area contributed by atoms with Gasteiger partial charge in [0.25, 0.3) is 5.82 Å². The Balaban J connectivity index is 3.19. The Morgan fingerprint density at radius 1 is 1.75 bits per heavy atom. The molecule has 1 N–H and O–H groups in total. The van der Waals surface area contributed by atoms with Crippen LogP contribution in [0.2, 0.25) is 0 Å². The van der Waals surface area contributed by atoms with Gasteiger partial charge in [0.15, 0.2) is 6.20 Å². The molecule has 44 valence electrons. The van der Waals surface area contributed by atoms with Gasteiger partial charge in [0, 0.05) is 6.92 Å². The fraction of sp³-hybridized carbons (Fsp3) is 0.400. The lowest BCUT2D eigenvalue weighted by Crippen LogP contribution is -2.29. The second-order valence-electron chi connectivity index (χ2n) is 1.80. The van der Waals surface area contributed by atoms with E-state index in [9.17, 15) is 0 Å². The van der Waals surface area contributed by atoms with Crippen molar-refractivity contribution in [3.05, 3.63) is 18.2 Å². The summed E-state index contributed by atoms with van der Waals surface area (Å²) in [6, 6.07) is 0. The zero-order chi connectivity index (χ0) is 6.15. The van der Waals surface area contributed by atoms with Crippen LogP contribution in [0.15, 0.2) is 12.4 Å². The summed E-state index contributed by atoms with van der Waals surface area (Å²) in [7, 11) is 1.88. The van der Waals surface area contributed by atoms with Gasteiger partial charge in [-0.25, -0.2) is 4.57 Å². The van der Waals surface area contributed by atoms with Crippen LogP contribution >= 0.6 is 0 Å². The minimum absolute atomic E-state index is 0.824. The quantitative estimate of drug-likeness (QED) is 0.368. The monoisotopic (exact) mass is 113 g/mol. The van der Waals surface area contributed by atoms with Gasteiger partial charge in [-0.1, -0.05) is 4.73 Å². The molecular formula is C5H9N2O+. The average Bonchev–Trinajstić information content (AvgIpc) is 1.98. The summed E-state index contributed by atoms with van der Waals surface area (Å²) in [6.45, 7) is 1.83. The molecule has 3 heteroatoms. The van der Waals surface area contributed by atoms with Crippen molar-refractivity contribution in [1.82, 2.24) is 4.73 Å². The van der Waals surface area contributed by atoms with Gasteiger partial charge in [-0.05, 0) is 0 Å². The Morgan fingerprint density at radius 2 is 2.38 bits per heavy atom. The van der Waals surface area contributed by atoms with Gasteiger partial charge in [-0.15, -0.1) is 0 Å². The van der Waals surface area contributed by atoms with Crippen LogP contribution in [0.1, 0.15) is 5.82 Å². The molecular weight excluding hydrogens is 104 g/mol. The van der Waals surface area contributed by atoms with E-state index in [1.54, 1.807) is 12.4 Å². The maximum atomic E-state index is 8.84. The van der Waals surface area contributed by atoms with Crippen LogP contribution in [-0.4, -0.2) is 9.94 Å². The summed E-state index contributed by atoms with van der Waals surface area (Å²) in [4.78, 5) is 0. The Hall–Kier alpha value is -0.990. The fourth-order valence-corrected chi connectivity index (χ4v) is 0.540. The van der Waals surface area contributed by atoms with E-state index in [1.807, 2.05) is 18.5 Å². The van der Waals surface area contributed by atoms with Crippen LogP contribution in [0.4, 0.5) is 0 Å². The number of rotatable bonds is 0. The number of nitrogens with zero attached hydrogens (tertiary/aromatic N) is 2. The highest BCUT2D eigenvalue weighted by Crippen LogP contribution is 1.83. The number of hydrogen-bond donors (Lipinski definition) is 1. The SMILES string of the molecule is Cc1n(O)cc[n+]1C. The second kappa shape index (κ2) is 1.51. The van der Waals surface area contributed by atoms with E-state index in [2.05, 4.69) is 0 Å². The van der Waals surface area contributed by atoms with E-state index in [1.165, 1.54) is 0 Å². The topological polar surface area (TPSA) is 29.0 Å². The Morgan fingerprint density at radius 3 is 2.50 bits per heavy atom. The molecule has 1 aromatic rings. The van der Waals surface area contributed by atoms with Crippen LogP contribution in [0.5, 0.6) is 0 Å². The molecule has 1 rings (SSSR count). The molecule has 1 heterocycles. The predicted octanol–water partition coefficient (Wildman–Crippen LogP) is -0.142. The molecule has 0 atom stereocenters. The second-order valence-corrected chi connectivity index (χ2v) is 1.80. The zero-order valence-electron chi connectivity index (χ0n) is 5.00. The minimum Gasteiger partial charge on any atom is -0.350 e. The van der Waals surface area contributed by atoms with Crippen LogP contribution in [-0.2, 0) is 7.05 Å². The van der Waals surface area contributed by atoms with Gasteiger partial charge in [0.2, 0.25) is 0 Å². The Bertz CT molecular complexity index is 173. The van der Waals surface area contributed by atoms with E-state index in [4.69, 9.17) is 5.21 Å². The molecule has 1 aromatic heterocycles. The first-order valence-corrected chi connectivity index (χ1v) is 2.44. The third-order valence-corrected chi connectivity index (χ3v) is 1.27. The first-order valence-electron chi connectivity index (χ1n) is 2.44. The summed E-state index contributed by atoms with van der Waals surface area (Å²) in [6.07, 6.45) is 3.38. The number of aromatic nitrogens is 2. The Kier molecular flexibility index (Phi) is 0.970. The van der Waals surface area contributed by atoms with E-state index >= 15 is 0 Å². The third kappa shape index (κ3) is 0.559. The van der Waals surface area contributed by atoms with Crippen molar-refractivity contribution in [2.24, 2.45) is 7.05 Å². The highest BCUT2D eigenvalue weighted by Gasteiger charge is 2.04. The number of aryl methyl sites for hydroxylation is 1. The molecule has 0 bridgehead atoms. The van der Waals surface area contributed by atoms with E-state index in [0.717, 1.165) is 10.6 Å². The largest absolute Gasteiger partial charge is 0.350 e. The van der Waals surface area contributed by atoms with E-state index in [0.29, 0.717) is 0 Å². The lowest BCUT2D eigenvalue weighted by Gasteiger charge is -1.82. The van der Waals surface area contributed by atoms with Gasteiger partial charge in [0.05, 0.1) is 7.05 Å².